The fraction of sp³-hybridized carbons (Fsp3) is 0.600. The summed E-state index contributed by atoms with van der Waals surface area (Å²) in [5, 5.41) is 3.24. The van der Waals surface area contributed by atoms with Crippen LogP contribution in [0.5, 0.6) is 0 Å². The molecule has 122 valence electrons. The number of nitrogens with one attached hydrogen (secondary N) is 1. The normalized spacial score (nSPS) is 19.4. The second kappa shape index (κ2) is 7.19. The van der Waals surface area contributed by atoms with Crippen molar-refractivity contribution in [1.82, 2.24) is 15.2 Å². The van der Waals surface area contributed by atoms with Crippen LogP contribution in [0, 0.1) is 5.92 Å². The molecular weight excluding hydrogens is 302 g/mol. The van der Waals surface area contributed by atoms with Crippen LogP contribution in [0.1, 0.15) is 25.5 Å². The lowest BCUT2D eigenvalue weighted by molar-refractivity contribution is -0.131. The van der Waals surface area contributed by atoms with Crippen LogP contribution in [0.15, 0.2) is 24.5 Å². The van der Waals surface area contributed by atoms with Crippen molar-refractivity contribution in [2.24, 2.45) is 5.92 Å². The van der Waals surface area contributed by atoms with Gasteiger partial charge in [0.25, 0.3) is 0 Å². The Morgan fingerprint density at radius 2 is 2.27 bits per heavy atom. The number of pyridine rings is 1. The summed E-state index contributed by atoms with van der Waals surface area (Å²) < 4.78 is 24.1. The lowest BCUT2D eigenvalue weighted by Gasteiger charge is -2.36. The van der Waals surface area contributed by atoms with Gasteiger partial charge < -0.3 is 10.2 Å². The Balaban J connectivity index is 2.12. The number of hydrogen-bond donors (Lipinski definition) is 1. The van der Waals surface area contributed by atoms with E-state index in [-0.39, 0.29) is 23.6 Å². The number of carbonyl (C=O) groups excluding carboxylic acids is 1. The maximum absolute atomic E-state index is 12.5. The Hall–Kier alpha value is -1.47. The molecule has 0 radical (unpaired) electrons. The highest BCUT2D eigenvalue weighted by molar-refractivity contribution is 7.92. The molecular formula is C15H23N3O3S. The van der Waals surface area contributed by atoms with Crippen LogP contribution >= 0.6 is 0 Å². The molecule has 1 atom stereocenters. The van der Waals surface area contributed by atoms with Gasteiger partial charge in [0.1, 0.15) is 5.75 Å². The standard InChI is InChI=1S/C15H23N3O3S/c1-12(2)10-22(20,21)11-15(19)18-7-6-17-9-14(18)13-4-3-5-16-8-13/h3-5,8,12,14,17H,6-7,9-11H2,1-2H3. The van der Waals surface area contributed by atoms with E-state index in [1.807, 2.05) is 26.0 Å². The fourth-order valence-corrected chi connectivity index (χ4v) is 4.39. The Morgan fingerprint density at radius 1 is 1.50 bits per heavy atom. The Labute approximate surface area is 131 Å². The molecule has 6 nitrogen and oxygen atoms in total. The maximum Gasteiger partial charge on any atom is 0.238 e. The molecule has 1 aromatic rings. The summed E-state index contributed by atoms with van der Waals surface area (Å²) in [4.78, 5) is 18.2. The molecule has 0 saturated carbocycles. The van der Waals surface area contributed by atoms with Crippen molar-refractivity contribution in [2.75, 3.05) is 31.1 Å². The van der Waals surface area contributed by atoms with Crippen LogP contribution in [-0.4, -0.2) is 55.3 Å². The highest BCUT2D eigenvalue weighted by Gasteiger charge is 2.30. The van der Waals surface area contributed by atoms with Gasteiger partial charge >= 0.3 is 0 Å². The molecule has 1 aliphatic heterocycles. The number of sulfone groups is 1. The summed E-state index contributed by atoms with van der Waals surface area (Å²) in [6.07, 6.45) is 3.40. The maximum atomic E-state index is 12.5. The zero-order chi connectivity index (χ0) is 16.2. The zero-order valence-corrected chi connectivity index (χ0v) is 13.8. The van der Waals surface area contributed by atoms with Crippen molar-refractivity contribution in [3.63, 3.8) is 0 Å². The molecule has 1 amide bonds. The number of hydrogen-bond acceptors (Lipinski definition) is 5. The summed E-state index contributed by atoms with van der Waals surface area (Å²) in [7, 11) is -3.36. The average Bonchev–Trinajstić information content (AvgIpc) is 2.46. The molecule has 1 fully saturated rings. The third-order valence-corrected chi connectivity index (χ3v) is 5.42. The van der Waals surface area contributed by atoms with Gasteiger partial charge in [-0.1, -0.05) is 19.9 Å². The van der Waals surface area contributed by atoms with Gasteiger partial charge in [0.2, 0.25) is 5.91 Å². The van der Waals surface area contributed by atoms with E-state index in [1.54, 1.807) is 17.3 Å². The van der Waals surface area contributed by atoms with Gasteiger partial charge in [0.15, 0.2) is 9.84 Å². The van der Waals surface area contributed by atoms with Gasteiger partial charge in [-0.15, -0.1) is 0 Å². The van der Waals surface area contributed by atoms with E-state index < -0.39 is 15.6 Å². The number of rotatable bonds is 5. The summed E-state index contributed by atoms with van der Waals surface area (Å²) in [6.45, 7) is 5.47. The van der Waals surface area contributed by atoms with Crippen molar-refractivity contribution in [3.05, 3.63) is 30.1 Å². The first-order valence-electron chi connectivity index (χ1n) is 7.49. The van der Waals surface area contributed by atoms with Gasteiger partial charge in [-0.3, -0.25) is 9.78 Å². The van der Waals surface area contributed by atoms with Crippen molar-refractivity contribution in [1.29, 1.82) is 0 Å². The van der Waals surface area contributed by atoms with Crippen LogP contribution in [0.25, 0.3) is 0 Å². The van der Waals surface area contributed by atoms with E-state index in [0.717, 1.165) is 5.56 Å². The van der Waals surface area contributed by atoms with Gasteiger partial charge in [0, 0.05) is 32.0 Å². The van der Waals surface area contributed by atoms with Crippen LogP contribution in [0.4, 0.5) is 0 Å². The van der Waals surface area contributed by atoms with E-state index >= 15 is 0 Å². The summed E-state index contributed by atoms with van der Waals surface area (Å²) >= 11 is 0. The number of carbonyl (C=O) groups is 1. The second-order valence-corrected chi connectivity index (χ2v) is 8.15. The van der Waals surface area contributed by atoms with Gasteiger partial charge in [-0.2, -0.15) is 0 Å². The first-order chi connectivity index (χ1) is 10.4. The van der Waals surface area contributed by atoms with Gasteiger partial charge in [0.05, 0.1) is 11.8 Å². The Morgan fingerprint density at radius 3 is 2.91 bits per heavy atom. The van der Waals surface area contributed by atoms with Crippen LogP contribution in [0.3, 0.4) is 0 Å². The van der Waals surface area contributed by atoms with Gasteiger partial charge in [-0.25, -0.2) is 8.42 Å². The van der Waals surface area contributed by atoms with E-state index in [2.05, 4.69) is 10.3 Å². The van der Waals surface area contributed by atoms with Crippen LogP contribution < -0.4 is 5.32 Å². The van der Waals surface area contributed by atoms with Crippen LogP contribution in [-0.2, 0) is 14.6 Å². The minimum atomic E-state index is -3.36. The molecule has 1 saturated heterocycles. The Bertz CT molecular complexity index is 602. The molecule has 1 unspecified atom stereocenters. The lowest BCUT2D eigenvalue weighted by atomic mass is 10.1. The second-order valence-electron chi connectivity index (χ2n) is 6.04. The van der Waals surface area contributed by atoms with Gasteiger partial charge in [-0.05, 0) is 17.5 Å². The first-order valence-corrected chi connectivity index (χ1v) is 9.32. The molecule has 1 aromatic heterocycles. The predicted molar refractivity (Wildman–Crippen MR) is 85.1 cm³/mol. The summed E-state index contributed by atoms with van der Waals surface area (Å²) in [5.41, 5.74) is 0.921. The summed E-state index contributed by atoms with van der Waals surface area (Å²) in [5.74, 6) is -0.671. The van der Waals surface area contributed by atoms with Crippen molar-refractivity contribution >= 4 is 15.7 Å². The highest BCUT2D eigenvalue weighted by Crippen LogP contribution is 2.22. The van der Waals surface area contributed by atoms with E-state index in [0.29, 0.717) is 19.6 Å². The quantitative estimate of drug-likeness (QED) is 0.859. The number of aromatic nitrogens is 1. The molecule has 0 bridgehead atoms. The molecule has 7 heteroatoms. The van der Waals surface area contributed by atoms with E-state index in [9.17, 15) is 13.2 Å². The fourth-order valence-electron chi connectivity index (χ4n) is 2.71. The minimum absolute atomic E-state index is 0.0231. The first kappa shape index (κ1) is 16.9. The van der Waals surface area contributed by atoms with Crippen molar-refractivity contribution in [2.45, 2.75) is 19.9 Å². The van der Waals surface area contributed by atoms with Crippen molar-refractivity contribution in [3.8, 4) is 0 Å². The molecule has 2 heterocycles. The summed E-state index contributed by atoms with van der Waals surface area (Å²) in [6, 6.07) is 3.57. The Kier molecular flexibility index (Phi) is 5.52. The third kappa shape index (κ3) is 4.51. The molecule has 0 spiro atoms. The smallest absolute Gasteiger partial charge is 0.238 e. The number of amides is 1. The third-order valence-electron chi connectivity index (χ3n) is 3.56. The molecule has 0 aliphatic carbocycles. The molecule has 2 rings (SSSR count). The number of piperazine rings is 1. The molecule has 1 N–H and O–H groups in total. The molecule has 0 aromatic carbocycles. The van der Waals surface area contributed by atoms with E-state index in [4.69, 9.17) is 0 Å². The number of nitrogens with zero attached hydrogens (tertiary/aromatic N) is 2. The predicted octanol–water partition coefficient (Wildman–Crippen LogP) is 0.625. The lowest BCUT2D eigenvalue weighted by Crippen LogP contribution is -2.50. The highest BCUT2D eigenvalue weighted by atomic mass is 32.2. The van der Waals surface area contributed by atoms with E-state index in [1.165, 1.54) is 0 Å². The molecule has 1 aliphatic rings. The van der Waals surface area contributed by atoms with Crippen LogP contribution in [0.2, 0.25) is 0 Å². The average molecular weight is 325 g/mol. The topological polar surface area (TPSA) is 79.4 Å². The monoisotopic (exact) mass is 325 g/mol. The molecule has 22 heavy (non-hydrogen) atoms. The minimum Gasteiger partial charge on any atom is -0.332 e. The zero-order valence-electron chi connectivity index (χ0n) is 13.0. The van der Waals surface area contributed by atoms with Crippen molar-refractivity contribution < 1.29 is 13.2 Å². The largest absolute Gasteiger partial charge is 0.332 e. The SMILES string of the molecule is CC(C)CS(=O)(=O)CC(=O)N1CCNCC1c1cccnc1.